The van der Waals surface area contributed by atoms with Crippen LogP contribution in [0.5, 0.6) is 5.75 Å². The molecule has 3 nitrogen and oxygen atoms in total. The molecular formula is C13H8BrCl2NO2. The molecule has 0 radical (unpaired) electrons. The first kappa shape index (κ1) is 14.3. The third-order valence-corrected chi connectivity index (χ3v) is 3.26. The van der Waals surface area contributed by atoms with Crippen LogP contribution in [0.25, 0.3) is 0 Å². The SMILES string of the molecule is O=C(COc1cncc(Br)c1)c1ccc(Cl)cc1Cl. The molecule has 0 spiro atoms. The average Bonchev–Trinajstić information content (AvgIpc) is 2.36. The van der Waals surface area contributed by atoms with E-state index in [1.165, 1.54) is 12.3 Å². The molecular weight excluding hydrogens is 353 g/mol. The molecule has 19 heavy (non-hydrogen) atoms. The van der Waals surface area contributed by atoms with Gasteiger partial charge in [-0.3, -0.25) is 9.78 Å². The minimum Gasteiger partial charge on any atom is -0.484 e. The minimum absolute atomic E-state index is 0.112. The Hall–Kier alpha value is -1.10. The van der Waals surface area contributed by atoms with Crippen LogP contribution >= 0.6 is 39.1 Å². The second-order valence-electron chi connectivity index (χ2n) is 3.67. The highest BCUT2D eigenvalue weighted by Crippen LogP contribution is 2.22. The van der Waals surface area contributed by atoms with E-state index < -0.39 is 0 Å². The number of hydrogen-bond donors (Lipinski definition) is 0. The summed E-state index contributed by atoms with van der Waals surface area (Å²) < 4.78 is 6.13. The lowest BCUT2D eigenvalue weighted by Gasteiger charge is -2.07. The van der Waals surface area contributed by atoms with Gasteiger partial charge in [-0.15, -0.1) is 0 Å². The fraction of sp³-hybridized carbons (Fsp3) is 0.0769. The molecule has 0 saturated heterocycles. The van der Waals surface area contributed by atoms with Gasteiger partial charge >= 0.3 is 0 Å². The van der Waals surface area contributed by atoms with Gasteiger partial charge in [0.1, 0.15) is 5.75 Å². The molecule has 0 aliphatic carbocycles. The van der Waals surface area contributed by atoms with Gasteiger partial charge in [0.15, 0.2) is 6.61 Å². The minimum atomic E-state index is -0.221. The molecule has 98 valence electrons. The molecule has 6 heteroatoms. The molecule has 2 rings (SSSR count). The van der Waals surface area contributed by atoms with Crippen LogP contribution in [-0.2, 0) is 0 Å². The highest BCUT2D eigenvalue weighted by atomic mass is 79.9. The Morgan fingerprint density at radius 3 is 2.74 bits per heavy atom. The van der Waals surface area contributed by atoms with Crippen LogP contribution in [0.1, 0.15) is 10.4 Å². The maximum absolute atomic E-state index is 12.0. The van der Waals surface area contributed by atoms with Crippen molar-refractivity contribution in [2.45, 2.75) is 0 Å². The number of nitrogens with zero attached hydrogens (tertiary/aromatic N) is 1. The lowest BCUT2D eigenvalue weighted by atomic mass is 10.1. The molecule has 0 bridgehead atoms. The Kier molecular flexibility index (Phi) is 4.80. The molecule has 0 saturated carbocycles. The van der Waals surface area contributed by atoms with E-state index in [2.05, 4.69) is 20.9 Å². The van der Waals surface area contributed by atoms with Crippen LogP contribution in [0.15, 0.2) is 41.1 Å². The largest absolute Gasteiger partial charge is 0.484 e. The molecule has 0 aliphatic heterocycles. The summed E-state index contributed by atoms with van der Waals surface area (Å²) in [6.45, 7) is -0.112. The highest BCUT2D eigenvalue weighted by Gasteiger charge is 2.11. The van der Waals surface area contributed by atoms with Crippen molar-refractivity contribution in [3.63, 3.8) is 0 Å². The number of aromatic nitrogens is 1. The molecule has 1 aromatic carbocycles. The van der Waals surface area contributed by atoms with Crippen molar-refractivity contribution in [2.24, 2.45) is 0 Å². The Balaban J connectivity index is 2.05. The number of hydrogen-bond acceptors (Lipinski definition) is 3. The number of carbonyl (C=O) groups is 1. The standard InChI is InChI=1S/C13H8BrCl2NO2/c14-8-3-10(6-17-5-8)19-7-13(18)11-2-1-9(15)4-12(11)16/h1-6H,7H2. The Morgan fingerprint density at radius 2 is 2.05 bits per heavy atom. The smallest absolute Gasteiger partial charge is 0.201 e. The summed E-state index contributed by atoms with van der Waals surface area (Å²) >= 11 is 15.0. The van der Waals surface area contributed by atoms with E-state index in [-0.39, 0.29) is 12.4 Å². The molecule has 1 aromatic heterocycles. The summed E-state index contributed by atoms with van der Waals surface area (Å²) in [6, 6.07) is 6.44. The zero-order chi connectivity index (χ0) is 13.8. The lowest BCUT2D eigenvalue weighted by Crippen LogP contribution is -2.12. The maximum Gasteiger partial charge on any atom is 0.201 e. The molecule has 1 heterocycles. The number of benzene rings is 1. The number of ether oxygens (including phenoxy) is 1. The first-order valence-corrected chi connectivity index (χ1v) is 6.83. The molecule has 0 atom stereocenters. The normalized spacial score (nSPS) is 10.3. The maximum atomic E-state index is 12.0. The van der Waals surface area contributed by atoms with Gasteiger partial charge in [0.05, 0.1) is 11.2 Å². The van der Waals surface area contributed by atoms with E-state index in [9.17, 15) is 4.79 Å². The zero-order valence-electron chi connectivity index (χ0n) is 9.57. The predicted octanol–water partition coefficient (Wildman–Crippen LogP) is 4.41. The van der Waals surface area contributed by atoms with Crippen molar-refractivity contribution in [1.29, 1.82) is 0 Å². The zero-order valence-corrected chi connectivity index (χ0v) is 12.7. The van der Waals surface area contributed by atoms with E-state index in [0.717, 1.165) is 4.47 Å². The summed E-state index contributed by atoms with van der Waals surface area (Å²) in [5.74, 6) is 0.287. The summed E-state index contributed by atoms with van der Waals surface area (Å²) in [5, 5.41) is 0.798. The van der Waals surface area contributed by atoms with Crippen molar-refractivity contribution in [1.82, 2.24) is 4.98 Å². The van der Waals surface area contributed by atoms with E-state index in [1.54, 1.807) is 24.4 Å². The number of halogens is 3. The highest BCUT2D eigenvalue weighted by molar-refractivity contribution is 9.10. The van der Waals surface area contributed by atoms with Gasteiger partial charge in [0.2, 0.25) is 5.78 Å². The van der Waals surface area contributed by atoms with Crippen LogP contribution in [0.3, 0.4) is 0 Å². The Labute approximate surface area is 128 Å². The van der Waals surface area contributed by atoms with Crippen molar-refractivity contribution >= 4 is 44.9 Å². The second kappa shape index (κ2) is 6.37. The molecule has 0 aliphatic rings. The third-order valence-electron chi connectivity index (χ3n) is 2.28. The molecule has 0 unspecified atom stereocenters. The van der Waals surface area contributed by atoms with E-state index >= 15 is 0 Å². The average molecular weight is 361 g/mol. The quantitative estimate of drug-likeness (QED) is 0.758. The Morgan fingerprint density at radius 1 is 1.26 bits per heavy atom. The number of pyridine rings is 1. The lowest BCUT2D eigenvalue weighted by molar-refractivity contribution is 0.0921. The fourth-order valence-electron chi connectivity index (χ4n) is 1.41. The molecule has 2 aromatic rings. The van der Waals surface area contributed by atoms with Gasteiger partial charge in [0, 0.05) is 21.3 Å². The molecule has 0 N–H and O–H groups in total. The second-order valence-corrected chi connectivity index (χ2v) is 5.43. The van der Waals surface area contributed by atoms with Gasteiger partial charge in [-0.25, -0.2) is 0 Å². The summed E-state index contributed by atoms with van der Waals surface area (Å²) in [5.41, 5.74) is 0.383. The van der Waals surface area contributed by atoms with Gasteiger partial charge in [0.25, 0.3) is 0 Å². The molecule has 0 fully saturated rings. The van der Waals surface area contributed by atoms with Crippen molar-refractivity contribution in [3.8, 4) is 5.75 Å². The van der Waals surface area contributed by atoms with E-state index in [4.69, 9.17) is 27.9 Å². The number of rotatable bonds is 4. The van der Waals surface area contributed by atoms with Crippen LogP contribution in [0.2, 0.25) is 10.0 Å². The summed E-state index contributed by atoms with van der Waals surface area (Å²) in [4.78, 5) is 15.9. The number of Topliss-reactive ketones (excluding diaryl/α,β-unsaturated/α-hetero) is 1. The van der Waals surface area contributed by atoms with Crippen molar-refractivity contribution in [2.75, 3.05) is 6.61 Å². The number of carbonyl (C=O) groups excluding carboxylic acids is 1. The topological polar surface area (TPSA) is 39.2 Å². The van der Waals surface area contributed by atoms with E-state index in [1.807, 2.05) is 0 Å². The van der Waals surface area contributed by atoms with Crippen LogP contribution in [-0.4, -0.2) is 17.4 Å². The van der Waals surface area contributed by atoms with Gasteiger partial charge < -0.3 is 4.74 Å². The van der Waals surface area contributed by atoms with Crippen molar-refractivity contribution in [3.05, 3.63) is 56.7 Å². The predicted molar refractivity (Wildman–Crippen MR) is 78.2 cm³/mol. The number of ketones is 1. The van der Waals surface area contributed by atoms with Gasteiger partial charge in [-0.05, 0) is 40.2 Å². The fourth-order valence-corrected chi connectivity index (χ4v) is 2.27. The van der Waals surface area contributed by atoms with Gasteiger partial charge in [-0.1, -0.05) is 23.2 Å². The van der Waals surface area contributed by atoms with Crippen LogP contribution in [0, 0.1) is 0 Å². The summed E-state index contributed by atoms with van der Waals surface area (Å²) in [7, 11) is 0. The van der Waals surface area contributed by atoms with E-state index in [0.29, 0.717) is 21.4 Å². The van der Waals surface area contributed by atoms with Crippen LogP contribution < -0.4 is 4.74 Å². The Bertz CT molecular complexity index is 619. The molecule has 0 amide bonds. The first-order chi connectivity index (χ1) is 9.06. The van der Waals surface area contributed by atoms with Crippen LogP contribution in [0.4, 0.5) is 0 Å². The third kappa shape index (κ3) is 3.93. The summed E-state index contributed by atoms with van der Waals surface area (Å²) in [6.07, 6.45) is 3.16. The van der Waals surface area contributed by atoms with Gasteiger partial charge in [-0.2, -0.15) is 0 Å². The monoisotopic (exact) mass is 359 g/mol. The first-order valence-electron chi connectivity index (χ1n) is 5.28. The van der Waals surface area contributed by atoms with Crippen molar-refractivity contribution < 1.29 is 9.53 Å².